The van der Waals surface area contributed by atoms with Crippen molar-refractivity contribution >= 4 is 21.4 Å². The van der Waals surface area contributed by atoms with E-state index in [-0.39, 0.29) is 29.1 Å². The highest BCUT2D eigenvalue weighted by Crippen LogP contribution is 2.32. The molecule has 0 spiro atoms. The molecule has 2 rings (SSSR count). The number of primary sulfonamides is 1. The lowest BCUT2D eigenvalue weighted by Crippen LogP contribution is -2.25. The summed E-state index contributed by atoms with van der Waals surface area (Å²) in [6, 6.07) is 3.60. The van der Waals surface area contributed by atoms with Crippen molar-refractivity contribution < 1.29 is 18.4 Å². The van der Waals surface area contributed by atoms with Gasteiger partial charge in [-0.25, -0.2) is 13.6 Å². The summed E-state index contributed by atoms with van der Waals surface area (Å²) in [6.07, 6.45) is 3.49. The molecule has 0 bridgehead atoms. The number of sulfonamides is 1. The van der Waals surface area contributed by atoms with Crippen molar-refractivity contribution in [3.05, 3.63) is 28.3 Å². The van der Waals surface area contributed by atoms with Crippen molar-refractivity contribution in [1.29, 1.82) is 0 Å². The number of hydrogen-bond donors (Lipinski definition) is 3. The maximum atomic E-state index is 11.5. The summed E-state index contributed by atoms with van der Waals surface area (Å²) in [4.78, 5) is 10.0. The number of nitro benzene ring substituents is 1. The third-order valence-electron chi connectivity index (χ3n) is 3.94. The second-order valence-corrected chi connectivity index (χ2v) is 7.03. The molecule has 0 saturated heterocycles. The minimum atomic E-state index is -4.02. The van der Waals surface area contributed by atoms with E-state index >= 15 is 0 Å². The van der Waals surface area contributed by atoms with Gasteiger partial charge in [-0.1, -0.05) is 6.42 Å². The molecule has 1 aromatic rings. The second kappa shape index (κ2) is 6.59. The highest BCUT2D eigenvalue weighted by Gasteiger charge is 2.27. The average Bonchev–Trinajstić information content (AvgIpc) is 2.85. The molecule has 22 heavy (non-hydrogen) atoms. The van der Waals surface area contributed by atoms with E-state index in [0.29, 0.717) is 12.1 Å². The Balaban J connectivity index is 2.30. The van der Waals surface area contributed by atoms with E-state index in [1.54, 1.807) is 0 Å². The van der Waals surface area contributed by atoms with Gasteiger partial charge in [-0.3, -0.25) is 10.1 Å². The van der Waals surface area contributed by atoms with Crippen LogP contribution in [0.25, 0.3) is 0 Å². The molecular weight excluding hydrogens is 310 g/mol. The van der Waals surface area contributed by atoms with Gasteiger partial charge in [0, 0.05) is 30.5 Å². The number of nitrogens with one attached hydrogen (secondary N) is 1. The van der Waals surface area contributed by atoms with Crippen LogP contribution in [0.1, 0.15) is 25.7 Å². The standard InChI is InChI=1S/C13H19N3O5S/c14-22(20,21)12-7-10(6-11(8-12)16(18)19)15-13-3-1-2-9(13)4-5-17/h6-9,13,15,17H,1-5H2,(H2,14,20,21). The van der Waals surface area contributed by atoms with Crippen LogP contribution < -0.4 is 10.5 Å². The number of nitro groups is 1. The fourth-order valence-electron chi connectivity index (χ4n) is 2.89. The van der Waals surface area contributed by atoms with Crippen LogP contribution in [0.15, 0.2) is 23.1 Å². The van der Waals surface area contributed by atoms with Gasteiger partial charge in [0.2, 0.25) is 10.0 Å². The number of aliphatic hydroxyl groups is 1. The van der Waals surface area contributed by atoms with Crippen molar-refractivity contribution in [1.82, 2.24) is 0 Å². The highest BCUT2D eigenvalue weighted by molar-refractivity contribution is 7.89. The number of hydrogen-bond acceptors (Lipinski definition) is 6. The van der Waals surface area contributed by atoms with Gasteiger partial charge in [-0.05, 0) is 31.2 Å². The van der Waals surface area contributed by atoms with E-state index in [1.807, 2.05) is 0 Å². The molecule has 0 heterocycles. The number of aliphatic hydroxyl groups excluding tert-OH is 1. The maximum Gasteiger partial charge on any atom is 0.272 e. The van der Waals surface area contributed by atoms with E-state index in [4.69, 9.17) is 10.2 Å². The van der Waals surface area contributed by atoms with Gasteiger partial charge in [0.1, 0.15) is 0 Å². The van der Waals surface area contributed by atoms with Crippen molar-refractivity contribution in [3.63, 3.8) is 0 Å². The smallest absolute Gasteiger partial charge is 0.272 e. The summed E-state index contributed by atoms with van der Waals surface area (Å²) in [5.41, 5.74) is 0.0267. The largest absolute Gasteiger partial charge is 0.396 e. The number of nitrogens with two attached hydrogens (primary N) is 1. The summed E-state index contributed by atoms with van der Waals surface area (Å²) in [7, 11) is -4.02. The summed E-state index contributed by atoms with van der Waals surface area (Å²) < 4.78 is 22.9. The molecule has 0 aromatic heterocycles. The topological polar surface area (TPSA) is 136 Å². The van der Waals surface area contributed by atoms with Gasteiger partial charge >= 0.3 is 0 Å². The van der Waals surface area contributed by atoms with E-state index in [9.17, 15) is 18.5 Å². The molecule has 4 N–H and O–H groups in total. The van der Waals surface area contributed by atoms with Crippen molar-refractivity contribution in [2.45, 2.75) is 36.6 Å². The first-order chi connectivity index (χ1) is 10.3. The Morgan fingerprint density at radius 3 is 2.68 bits per heavy atom. The van der Waals surface area contributed by atoms with E-state index in [1.165, 1.54) is 12.1 Å². The molecule has 1 aliphatic carbocycles. The zero-order valence-electron chi connectivity index (χ0n) is 11.9. The van der Waals surface area contributed by atoms with Crippen molar-refractivity contribution in [2.75, 3.05) is 11.9 Å². The number of benzene rings is 1. The van der Waals surface area contributed by atoms with E-state index in [2.05, 4.69) is 5.32 Å². The van der Waals surface area contributed by atoms with Crippen LogP contribution in [0.2, 0.25) is 0 Å². The minimum absolute atomic E-state index is 0.0579. The molecule has 0 amide bonds. The molecule has 0 aliphatic heterocycles. The Labute approximate surface area is 128 Å². The van der Waals surface area contributed by atoms with Crippen LogP contribution in [0.3, 0.4) is 0 Å². The van der Waals surface area contributed by atoms with Gasteiger partial charge in [0.05, 0.1) is 9.82 Å². The van der Waals surface area contributed by atoms with Gasteiger partial charge in [-0.15, -0.1) is 0 Å². The van der Waals surface area contributed by atoms with Gasteiger partial charge in [0.15, 0.2) is 0 Å². The lowest BCUT2D eigenvalue weighted by molar-refractivity contribution is -0.385. The molecule has 122 valence electrons. The molecule has 1 aromatic carbocycles. The van der Waals surface area contributed by atoms with Crippen LogP contribution in [0, 0.1) is 16.0 Å². The number of non-ortho nitro benzene ring substituents is 1. The summed E-state index contributed by atoms with van der Waals surface area (Å²) in [6.45, 7) is 0.0835. The quantitative estimate of drug-likeness (QED) is 0.530. The molecule has 2 atom stereocenters. The Kier molecular flexibility index (Phi) is 4.99. The molecule has 1 saturated carbocycles. The first-order valence-corrected chi connectivity index (χ1v) is 8.55. The normalized spacial score (nSPS) is 21.7. The number of rotatable bonds is 6. The SMILES string of the molecule is NS(=O)(=O)c1cc(NC2CCCC2CCO)cc([N+](=O)[O-])c1. The Morgan fingerprint density at radius 1 is 1.36 bits per heavy atom. The average molecular weight is 329 g/mol. The Morgan fingerprint density at radius 2 is 2.09 bits per heavy atom. The van der Waals surface area contributed by atoms with Crippen LogP contribution in [-0.2, 0) is 10.0 Å². The molecular formula is C13H19N3O5S. The van der Waals surface area contributed by atoms with Crippen LogP contribution in [0.5, 0.6) is 0 Å². The molecule has 1 aliphatic rings. The molecule has 2 unspecified atom stereocenters. The minimum Gasteiger partial charge on any atom is -0.396 e. The Hall–Kier alpha value is -1.71. The summed E-state index contributed by atoms with van der Waals surface area (Å²) >= 11 is 0. The zero-order chi connectivity index (χ0) is 16.3. The third kappa shape index (κ3) is 3.93. The monoisotopic (exact) mass is 329 g/mol. The predicted octanol–water partition coefficient (Wildman–Crippen LogP) is 1.21. The van der Waals surface area contributed by atoms with Gasteiger partial charge in [-0.2, -0.15) is 0 Å². The predicted molar refractivity (Wildman–Crippen MR) is 80.9 cm³/mol. The first-order valence-electron chi connectivity index (χ1n) is 7.01. The maximum absolute atomic E-state index is 11.5. The van der Waals surface area contributed by atoms with E-state index < -0.39 is 14.9 Å². The van der Waals surface area contributed by atoms with Gasteiger partial charge in [0.25, 0.3) is 5.69 Å². The fraction of sp³-hybridized carbons (Fsp3) is 0.538. The first kappa shape index (κ1) is 16.7. The summed E-state index contributed by atoms with van der Waals surface area (Å²) in [5.74, 6) is 0.266. The third-order valence-corrected chi connectivity index (χ3v) is 4.83. The van der Waals surface area contributed by atoms with Crippen LogP contribution in [0.4, 0.5) is 11.4 Å². The summed E-state index contributed by atoms with van der Waals surface area (Å²) in [5, 5.41) is 28.2. The fourth-order valence-corrected chi connectivity index (χ4v) is 3.46. The zero-order valence-corrected chi connectivity index (χ0v) is 12.8. The molecule has 0 radical (unpaired) electrons. The Bertz CT molecular complexity index is 662. The molecule has 1 fully saturated rings. The van der Waals surface area contributed by atoms with Crippen molar-refractivity contribution in [2.24, 2.45) is 11.1 Å². The number of anilines is 1. The van der Waals surface area contributed by atoms with E-state index in [0.717, 1.165) is 25.3 Å². The highest BCUT2D eigenvalue weighted by atomic mass is 32.2. The van der Waals surface area contributed by atoms with Crippen molar-refractivity contribution in [3.8, 4) is 0 Å². The number of nitrogens with zero attached hydrogens (tertiary/aromatic N) is 1. The van der Waals surface area contributed by atoms with Crippen LogP contribution >= 0.6 is 0 Å². The lowest BCUT2D eigenvalue weighted by Gasteiger charge is -2.21. The van der Waals surface area contributed by atoms with Gasteiger partial charge < -0.3 is 10.4 Å². The van der Waals surface area contributed by atoms with Crippen LogP contribution in [-0.4, -0.2) is 31.1 Å². The lowest BCUT2D eigenvalue weighted by atomic mass is 10.00. The second-order valence-electron chi connectivity index (χ2n) is 5.47. The molecule has 8 nitrogen and oxygen atoms in total. The molecule has 9 heteroatoms.